The fraction of sp³-hybridized carbons (Fsp3) is 1.00. The maximum absolute atomic E-state index is 5.03. The molecule has 0 aromatic rings. The van der Waals surface area contributed by atoms with Gasteiger partial charge >= 0.3 is 27.3 Å². The van der Waals surface area contributed by atoms with Gasteiger partial charge < -0.3 is 4.12 Å². The minimum atomic E-state index is -0.588. The summed E-state index contributed by atoms with van der Waals surface area (Å²) in [5, 5.41) is 0. The second kappa shape index (κ2) is 6.32. The van der Waals surface area contributed by atoms with Crippen LogP contribution in [0.25, 0.3) is 0 Å². The van der Waals surface area contributed by atoms with E-state index >= 15 is 0 Å². The molecule has 6 heavy (non-hydrogen) atoms. The first kappa shape index (κ1) is 10.3. The molecule has 0 aliphatic carbocycles. The quantitative estimate of drug-likeness (QED) is 0.527. The van der Waals surface area contributed by atoms with Crippen LogP contribution in [0.15, 0.2) is 0 Å². The summed E-state index contributed by atoms with van der Waals surface area (Å²) >= 11 is 0. The van der Waals surface area contributed by atoms with E-state index in [0.717, 1.165) is 10.5 Å². The second-order valence-electron chi connectivity index (χ2n) is 1.28. The Balaban J connectivity index is 0. The molecule has 0 rings (SSSR count). The normalized spacial score (nSPS) is 8.50. The van der Waals surface area contributed by atoms with Crippen LogP contribution in [0.1, 0.15) is 0 Å². The van der Waals surface area contributed by atoms with Gasteiger partial charge in [-0.2, -0.15) is 0 Å². The van der Waals surface area contributed by atoms with E-state index in [1.165, 1.54) is 0 Å². The van der Waals surface area contributed by atoms with Crippen LogP contribution in [0, 0.1) is 0 Å². The van der Waals surface area contributed by atoms with Gasteiger partial charge in [0, 0.05) is 0 Å². The van der Waals surface area contributed by atoms with Crippen molar-refractivity contribution < 1.29 is 4.12 Å². The van der Waals surface area contributed by atoms with E-state index in [1.807, 2.05) is 0 Å². The van der Waals surface area contributed by atoms with Crippen LogP contribution in [0.2, 0.25) is 13.1 Å². The molecule has 0 saturated carbocycles. The van der Waals surface area contributed by atoms with Gasteiger partial charge in [-0.3, -0.25) is 0 Å². The SMILES string of the molecule is C[SiH](C)O[SiH3].[PbH2]. The summed E-state index contributed by atoms with van der Waals surface area (Å²) in [6.45, 7) is 4.35. The standard InChI is InChI=1S/C2H10OSi2.Pb.2H/c1-5(2)3-4;;;/h5H,1-2,4H3;;;. The van der Waals surface area contributed by atoms with Gasteiger partial charge in [0.15, 0.2) is 9.04 Å². The van der Waals surface area contributed by atoms with Gasteiger partial charge in [-0.25, -0.2) is 0 Å². The van der Waals surface area contributed by atoms with Gasteiger partial charge in [-0.1, -0.05) is 0 Å². The zero-order chi connectivity index (χ0) is 4.28. The Labute approximate surface area is 63.9 Å². The predicted molar refractivity (Wildman–Crippen MR) is 38.4 cm³/mol. The van der Waals surface area contributed by atoms with Crippen LogP contribution in [0.5, 0.6) is 0 Å². The average Bonchev–Trinajstić information content (AvgIpc) is 1.38. The van der Waals surface area contributed by atoms with Crippen molar-refractivity contribution >= 4 is 46.8 Å². The molecule has 0 aromatic heterocycles. The van der Waals surface area contributed by atoms with Crippen molar-refractivity contribution in [2.45, 2.75) is 13.1 Å². The molecule has 0 spiro atoms. The molecule has 0 N–H and O–H groups in total. The zero-order valence-corrected chi connectivity index (χ0v) is 13.3. The van der Waals surface area contributed by atoms with Crippen LogP contribution in [-0.4, -0.2) is 46.8 Å². The topological polar surface area (TPSA) is 9.23 Å². The Morgan fingerprint density at radius 1 is 1.50 bits per heavy atom. The van der Waals surface area contributed by atoms with Crippen molar-refractivity contribution in [3.8, 4) is 0 Å². The molecule has 0 aliphatic rings. The molecular weight excluding hydrogens is 303 g/mol. The summed E-state index contributed by atoms with van der Waals surface area (Å²) in [5.74, 6) is 0. The number of hydrogen-bond donors (Lipinski definition) is 0. The molecule has 38 valence electrons. The van der Waals surface area contributed by atoms with E-state index in [1.54, 1.807) is 0 Å². The maximum atomic E-state index is 5.03. The van der Waals surface area contributed by atoms with Gasteiger partial charge in [0.2, 0.25) is 0 Å². The third-order valence-electron chi connectivity index (χ3n) is 0.471. The third kappa shape index (κ3) is 9.01. The zero-order valence-electron chi connectivity index (χ0n) is 4.69. The monoisotopic (exact) mass is 316 g/mol. The molecule has 1 nitrogen and oxygen atoms in total. The van der Waals surface area contributed by atoms with Gasteiger partial charge in [0.1, 0.15) is 10.5 Å². The number of rotatable bonds is 1. The van der Waals surface area contributed by atoms with E-state index < -0.39 is 9.04 Å². The summed E-state index contributed by atoms with van der Waals surface area (Å²) in [4.78, 5) is 0. The fourth-order valence-electron chi connectivity index (χ4n) is 0. The molecule has 0 unspecified atom stereocenters. The van der Waals surface area contributed by atoms with Gasteiger partial charge in [0.05, 0.1) is 0 Å². The van der Waals surface area contributed by atoms with Crippen molar-refractivity contribution in [3.05, 3.63) is 0 Å². The molecular formula is C2H12OPbSi2. The van der Waals surface area contributed by atoms with Gasteiger partial charge in [0.25, 0.3) is 0 Å². The van der Waals surface area contributed by atoms with Crippen LogP contribution in [0.4, 0.5) is 0 Å². The summed E-state index contributed by atoms with van der Waals surface area (Å²) < 4.78 is 5.03. The molecule has 0 fully saturated rings. The van der Waals surface area contributed by atoms with E-state index in [0.29, 0.717) is 0 Å². The van der Waals surface area contributed by atoms with Crippen molar-refractivity contribution in [1.29, 1.82) is 0 Å². The number of hydrogen-bond acceptors (Lipinski definition) is 1. The Bertz CT molecular complexity index is 25.5. The Kier molecular flexibility index (Phi) is 10.9. The summed E-state index contributed by atoms with van der Waals surface area (Å²) in [6.07, 6.45) is 0. The van der Waals surface area contributed by atoms with E-state index in [4.69, 9.17) is 4.12 Å². The molecule has 2 radical (unpaired) electrons. The van der Waals surface area contributed by atoms with Crippen LogP contribution in [0.3, 0.4) is 0 Å². The molecule has 0 atom stereocenters. The van der Waals surface area contributed by atoms with E-state index in [-0.39, 0.29) is 27.3 Å². The molecule has 4 heteroatoms. The van der Waals surface area contributed by atoms with Crippen molar-refractivity contribution in [2.24, 2.45) is 0 Å². The van der Waals surface area contributed by atoms with Crippen LogP contribution < -0.4 is 0 Å². The van der Waals surface area contributed by atoms with Crippen molar-refractivity contribution in [1.82, 2.24) is 0 Å². The average molecular weight is 315 g/mol. The summed E-state index contributed by atoms with van der Waals surface area (Å²) in [5.41, 5.74) is 0. The first-order valence-electron chi connectivity index (χ1n) is 1.80. The van der Waals surface area contributed by atoms with Crippen molar-refractivity contribution in [2.75, 3.05) is 0 Å². The molecule has 0 bridgehead atoms. The van der Waals surface area contributed by atoms with E-state index in [9.17, 15) is 0 Å². The van der Waals surface area contributed by atoms with Gasteiger partial charge in [-0.05, 0) is 13.1 Å². The summed E-state index contributed by atoms with van der Waals surface area (Å²) in [6, 6.07) is 0. The van der Waals surface area contributed by atoms with Crippen LogP contribution in [-0.2, 0) is 4.12 Å². The Morgan fingerprint density at radius 2 is 1.67 bits per heavy atom. The molecule has 0 aliphatic heterocycles. The minimum absolute atomic E-state index is 0. The fourth-order valence-corrected chi connectivity index (χ4v) is 0. The first-order valence-corrected chi connectivity index (χ1v) is 5.40. The van der Waals surface area contributed by atoms with E-state index in [2.05, 4.69) is 13.1 Å². The Hall–Kier alpha value is 1.32. The molecule has 0 aromatic carbocycles. The van der Waals surface area contributed by atoms with Gasteiger partial charge in [-0.15, -0.1) is 0 Å². The Morgan fingerprint density at radius 3 is 1.67 bits per heavy atom. The summed E-state index contributed by atoms with van der Waals surface area (Å²) in [7, 11) is 0.347. The van der Waals surface area contributed by atoms with Crippen molar-refractivity contribution in [3.63, 3.8) is 0 Å². The molecule has 0 saturated heterocycles. The van der Waals surface area contributed by atoms with Crippen LogP contribution >= 0.6 is 0 Å². The predicted octanol–water partition coefficient (Wildman–Crippen LogP) is -1.65. The first-order chi connectivity index (χ1) is 2.27. The molecule has 0 amide bonds. The molecule has 0 heterocycles. The third-order valence-corrected chi connectivity index (χ3v) is 4.24. The second-order valence-corrected chi connectivity index (χ2v) is 5.27.